The third-order valence-electron chi connectivity index (χ3n) is 2.63. The van der Waals surface area contributed by atoms with Crippen LogP contribution in [0.5, 0.6) is 5.75 Å². The van der Waals surface area contributed by atoms with Crippen LogP contribution in [0, 0.1) is 11.3 Å². The molecule has 2 aromatic rings. The molecule has 0 aliphatic rings. The summed E-state index contributed by atoms with van der Waals surface area (Å²) in [4.78, 5) is 0. The lowest BCUT2D eigenvalue weighted by Gasteiger charge is -2.08. The van der Waals surface area contributed by atoms with E-state index in [0.717, 1.165) is 16.9 Å². The van der Waals surface area contributed by atoms with Gasteiger partial charge in [0.1, 0.15) is 12.4 Å². The molecule has 90 valence electrons. The van der Waals surface area contributed by atoms with Crippen LogP contribution < -0.4 is 10.5 Å². The van der Waals surface area contributed by atoms with Gasteiger partial charge in [-0.25, -0.2) is 0 Å². The monoisotopic (exact) mass is 238 g/mol. The van der Waals surface area contributed by atoms with E-state index >= 15 is 0 Å². The third kappa shape index (κ3) is 3.02. The SMILES string of the molecule is N#CCc1cc(OCc2ccccc2)ccc1N. The van der Waals surface area contributed by atoms with Crippen molar-refractivity contribution in [3.63, 3.8) is 0 Å². The van der Waals surface area contributed by atoms with Gasteiger partial charge in [0.25, 0.3) is 0 Å². The summed E-state index contributed by atoms with van der Waals surface area (Å²) in [5.41, 5.74) is 8.32. The number of hydrogen-bond donors (Lipinski definition) is 1. The summed E-state index contributed by atoms with van der Waals surface area (Å²) in [6.07, 6.45) is 0.300. The second-order valence-electron chi connectivity index (χ2n) is 3.97. The maximum absolute atomic E-state index is 8.70. The Kier molecular flexibility index (Phi) is 3.83. The van der Waals surface area contributed by atoms with Gasteiger partial charge in [0.2, 0.25) is 0 Å². The van der Waals surface area contributed by atoms with E-state index in [1.165, 1.54) is 0 Å². The Labute approximate surface area is 106 Å². The topological polar surface area (TPSA) is 59.0 Å². The van der Waals surface area contributed by atoms with Gasteiger partial charge in [-0.1, -0.05) is 30.3 Å². The molecular formula is C15H14N2O. The van der Waals surface area contributed by atoms with Crippen LogP contribution in [0.15, 0.2) is 48.5 Å². The van der Waals surface area contributed by atoms with Gasteiger partial charge in [0, 0.05) is 5.69 Å². The number of nitrogen functional groups attached to an aromatic ring is 1. The average molecular weight is 238 g/mol. The van der Waals surface area contributed by atoms with Crippen LogP contribution in [0.4, 0.5) is 5.69 Å². The largest absolute Gasteiger partial charge is 0.489 e. The minimum Gasteiger partial charge on any atom is -0.489 e. The van der Waals surface area contributed by atoms with Crippen molar-refractivity contribution in [1.82, 2.24) is 0 Å². The molecule has 2 aromatic carbocycles. The van der Waals surface area contributed by atoms with Crippen molar-refractivity contribution in [2.75, 3.05) is 5.73 Å². The average Bonchev–Trinajstić information content (AvgIpc) is 2.41. The smallest absolute Gasteiger partial charge is 0.120 e. The molecule has 0 saturated carbocycles. The van der Waals surface area contributed by atoms with Crippen molar-refractivity contribution in [2.45, 2.75) is 13.0 Å². The van der Waals surface area contributed by atoms with Gasteiger partial charge >= 0.3 is 0 Å². The van der Waals surface area contributed by atoms with Gasteiger partial charge in [0.15, 0.2) is 0 Å². The molecule has 0 aliphatic carbocycles. The number of benzene rings is 2. The van der Waals surface area contributed by atoms with E-state index in [1.54, 1.807) is 6.07 Å². The van der Waals surface area contributed by atoms with Crippen LogP contribution in [-0.4, -0.2) is 0 Å². The van der Waals surface area contributed by atoms with Crippen LogP contribution in [0.3, 0.4) is 0 Å². The Bertz CT molecular complexity index is 558. The fourth-order valence-corrected chi connectivity index (χ4v) is 1.65. The van der Waals surface area contributed by atoms with E-state index < -0.39 is 0 Å². The van der Waals surface area contributed by atoms with E-state index in [1.807, 2.05) is 42.5 Å². The van der Waals surface area contributed by atoms with Gasteiger partial charge in [0.05, 0.1) is 12.5 Å². The molecule has 0 bridgehead atoms. The van der Waals surface area contributed by atoms with Gasteiger partial charge in [-0.3, -0.25) is 0 Å². The summed E-state index contributed by atoms with van der Waals surface area (Å²) in [6, 6.07) is 17.4. The molecule has 0 fully saturated rings. The van der Waals surface area contributed by atoms with Crippen molar-refractivity contribution >= 4 is 5.69 Å². The molecule has 18 heavy (non-hydrogen) atoms. The quantitative estimate of drug-likeness (QED) is 0.833. The minimum absolute atomic E-state index is 0.300. The molecule has 0 aliphatic heterocycles. The lowest BCUT2D eigenvalue weighted by Crippen LogP contribution is -1.98. The molecule has 0 saturated heterocycles. The standard InChI is InChI=1S/C15H14N2O/c16-9-8-13-10-14(6-7-15(13)17)18-11-12-4-2-1-3-5-12/h1-7,10H,8,11,17H2. The number of nitriles is 1. The van der Waals surface area contributed by atoms with Crippen molar-refractivity contribution in [3.05, 3.63) is 59.7 Å². The Balaban J connectivity index is 2.06. The maximum atomic E-state index is 8.70. The molecule has 0 spiro atoms. The molecular weight excluding hydrogens is 224 g/mol. The zero-order chi connectivity index (χ0) is 12.8. The maximum Gasteiger partial charge on any atom is 0.120 e. The predicted molar refractivity (Wildman–Crippen MR) is 70.9 cm³/mol. The predicted octanol–water partition coefficient (Wildman–Crippen LogP) is 2.91. The van der Waals surface area contributed by atoms with Gasteiger partial charge in [-0.2, -0.15) is 5.26 Å². The molecule has 2 N–H and O–H groups in total. The second kappa shape index (κ2) is 5.74. The number of anilines is 1. The lowest BCUT2D eigenvalue weighted by molar-refractivity contribution is 0.306. The van der Waals surface area contributed by atoms with Crippen LogP contribution in [0.2, 0.25) is 0 Å². The Hall–Kier alpha value is -2.47. The highest BCUT2D eigenvalue weighted by Gasteiger charge is 2.02. The number of rotatable bonds is 4. The van der Waals surface area contributed by atoms with E-state index in [4.69, 9.17) is 15.7 Å². The number of nitrogens with two attached hydrogens (primary N) is 1. The molecule has 3 heteroatoms. The first kappa shape index (κ1) is 12.0. The Morgan fingerprint density at radius 2 is 1.89 bits per heavy atom. The number of ether oxygens (including phenoxy) is 1. The highest BCUT2D eigenvalue weighted by Crippen LogP contribution is 2.21. The molecule has 3 nitrogen and oxygen atoms in total. The molecule has 0 aromatic heterocycles. The molecule has 0 atom stereocenters. The minimum atomic E-state index is 0.300. The fourth-order valence-electron chi connectivity index (χ4n) is 1.65. The van der Waals surface area contributed by atoms with Crippen LogP contribution in [-0.2, 0) is 13.0 Å². The Morgan fingerprint density at radius 1 is 1.11 bits per heavy atom. The summed E-state index contributed by atoms with van der Waals surface area (Å²) in [5, 5.41) is 8.70. The summed E-state index contributed by atoms with van der Waals surface area (Å²) < 4.78 is 5.67. The molecule has 0 radical (unpaired) electrons. The first-order valence-corrected chi connectivity index (χ1v) is 5.71. The van der Waals surface area contributed by atoms with Crippen molar-refractivity contribution < 1.29 is 4.74 Å². The van der Waals surface area contributed by atoms with Gasteiger partial charge in [-0.05, 0) is 29.3 Å². The van der Waals surface area contributed by atoms with E-state index in [9.17, 15) is 0 Å². The van der Waals surface area contributed by atoms with E-state index in [-0.39, 0.29) is 0 Å². The highest BCUT2D eigenvalue weighted by molar-refractivity contribution is 5.51. The van der Waals surface area contributed by atoms with Crippen molar-refractivity contribution in [3.8, 4) is 11.8 Å². The summed E-state index contributed by atoms with van der Waals surface area (Å²) in [5.74, 6) is 0.735. The van der Waals surface area contributed by atoms with Crippen molar-refractivity contribution in [1.29, 1.82) is 5.26 Å². The molecule has 0 heterocycles. The molecule has 2 rings (SSSR count). The fraction of sp³-hybridized carbons (Fsp3) is 0.133. The van der Waals surface area contributed by atoms with Crippen LogP contribution in [0.25, 0.3) is 0 Å². The van der Waals surface area contributed by atoms with Crippen LogP contribution >= 0.6 is 0 Å². The van der Waals surface area contributed by atoms with Gasteiger partial charge < -0.3 is 10.5 Å². The third-order valence-corrected chi connectivity index (χ3v) is 2.63. The summed E-state index contributed by atoms with van der Waals surface area (Å²) in [6.45, 7) is 0.511. The van der Waals surface area contributed by atoms with E-state index in [0.29, 0.717) is 18.7 Å². The lowest BCUT2D eigenvalue weighted by atomic mass is 10.1. The second-order valence-corrected chi connectivity index (χ2v) is 3.97. The molecule has 0 amide bonds. The first-order chi connectivity index (χ1) is 8.79. The van der Waals surface area contributed by atoms with E-state index in [2.05, 4.69) is 6.07 Å². The number of nitrogens with zero attached hydrogens (tertiary/aromatic N) is 1. The zero-order valence-electron chi connectivity index (χ0n) is 9.97. The first-order valence-electron chi connectivity index (χ1n) is 5.71. The highest BCUT2D eigenvalue weighted by atomic mass is 16.5. The molecule has 0 unspecified atom stereocenters. The van der Waals surface area contributed by atoms with Crippen molar-refractivity contribution in [2.24, 2.45) is 0 Å². The number of hydrogen-bond acceptors (Lipinski definition) is 3. The zero-order valence-corrected chi connectivity index (χ0v) is 9.97. The summed E-state index contributed by atoms with van der Waals surface area (Å²) >= 11 is 0. The van der Waals surface area contributed by atoms with Crippen LogP contribution in [0.1, 0.15) is 11.1 Å². The van der Waals surface area contributed by atoms with Gasteiger partial charge in [-0.15, -0.1) is 0 Å². The normalized spacial score (nSPS) is 9.72. The summed E-state index contributed by atoms with van der Waals surface area (Å²) in [7, 11) is 0. The Morgan fingerprint density at radius 3 is 2.61 bits per heavy atom.